The highest BCUT2D eigenvalue weighted by Gasteiger charge is 2.16. The van der Waals surface area contributed by atoms with Gasteiger partial charge in [-0.25, -0.2) is 0 Å². The van der Waals surface area contributed by atoms with Crippen LogP contribution in [0.5, 0.6) is 0 Å². The van der Waals surface area contributed by atoms with Gasteiger partial charge in [0.05, 0.1) is 17.4 Å². The number of hydrogen-bond acceptors (Lipinski definition) is 4. The predicted octanol–water partition coefficient (Wildman–Crippen LogP) is 4.84. The summed E-state index contributed by atoms with van der Waals surface area (Å²) >= 11 is 0. The molecule has 0 aliphatic heterocycles. The summed E-state index contributed by atoms with van der Waals surface area (Å²) in [6, 6.07) is 8.29. The van der Waals surface area contributed by atoms with Gasteiger partial charge in [0, 0.05) is 34.0 Å². The molecule has 3 heterocycles. The van der Waals surface area contributed by atoms with E-state index in [1.807, 2.05) is 33.0 Å². The average molecular weight is 320 g/mol. The van der Waals surface area contributed by atoms with Crippen LogP contribution >= 0.6 is 0 Å². The van der Waals surface area contributed by atoms with Crippen molar-refractivity contribution < 1.29 is 4.52 Å². The van der Waals surface area contributed by atoms with E-state index in [1.165, 1.54) is 0 Å². The van der Waals surface area contributed by atoms with Gasteiger partial charge < -0.3 is 4.52 Å². The highest BCUT2D eigenvalue weighted by Crippen LogP contribution is 2.36. The molecule has 5 nitrogen and oxygen atoms in total. The Hall–Kier alpha value is -2.95. The van der Waals surface area contributed by atoms with E-state index in [2.05, 4.69) is 38.5 Å². The van der Waals surface area contributed by atoms with Crippen molar-refractivity contribution in [1.82, 2.24) is 20.3 Å². The van der Waals surface area contributed by atoms with Crippen molar-refractivity contribution in [3.8, 4) is 22.3 Å². The fourth-order valence-electron chi connectivity index (χ4n) is 3.08. The van der Waals surface area contributed by atoms with Crippen LogP contribution in [0, 0.1) is 20.8 Å². The first-order valence-corrected chi connectivity index (χ1v) is 7.47. The number of rotatable bonds is 2. The van der Waals surface area contributed by atoms with E-state index < -0.39 is 0 Å². The number of hydrogen-bond donors (Lipinski definition) is 1. The molecular formula is C19H20N4O. The van der Waals surface area contributed by atoms with Gasteiger partial charge in [-0.15, -0.1) is 0 Å². The Balaban J connectivity index is 0.00000169. The van der Waals surface area contributed by atoms with E-state index in [4.69, 9.17) is 4.52 Å². The molecule has 5 heteroatoms. The summed E-state index contributed by atoms with van der Waals surface area (Å²) < 4.78 is 5.33. The standard InChI is InChI=1S/C18H16N4O.CH4/c1-10-15(5-4-6-19-10)16-8-13(7-14-9-20-21-18(14)16)17-11(2)22-23-12(17)3;/h4-9H,1-3H3,(H,20,21);1H4. The van der Waals surface area contributed by atoms with Crippen LogP contribution < -0.4 is 0 Å². The molecule has 0 aliphatic carbocycles. The van der Waals surface area contributed by atoms with Gasteiger partial charge in [0.1, 0.15) is 5.76 Å². The summed E-state index contributed by atoms with van der Waals surface area (Å²) in [7, 11) is 0. The molecule has 0 atom stereocenters. The van der Waals surface area contributed by atoms with Crippen molar-refractivity contribution in [3.63, 3.8) is 0 Å². The quantitative estimate of drug-likeness (QED) is 0.574. The van der Waals surface area contributed by atoms with Crippen LogP contribution in [0.25, 0.3) is 33.2 Å². The molecule has 1 aromatic carbocycles. The molecule has 0 radical (unpaired) electrons. The van der Waals surface area contributed by atoms with Crippen molar-refractivity contribution in [3.05, 3.63) is 53.8 Å². The van der Waals surface area contributed by atoms with Crippen LogP contribution in [0.4, 0.5) is 0 Å². The van der Waals surface area contributed by atoms with Crippen molar-refractivity contribution in [1.29, 1.82) is 0 Å². The van der Waals surface area contributed by atoms with Crippen LogP contribution in [0.3, 0.4) is 0 Å². The Kier molecular flexibility index (Phi) is 3.93. The van der Waals surface area contributed by atoms with Crippen LogP contribution in [0.1, 0.15) is 24.6 Å². The van der Waals surface area contributed by atoms with Gasteiger partial charge >= 0.3 is 0 Å². The minimum atomic E-state index is 0. The second-order valence-electron chi connectivity index (χ2n) is 5.69. The zero-order chi connectivity index (χ0) is 16.0. The highest BCUT2D eigenvalue weighted by molar-refractivity contribution is 5.98. The van der Waals surface area contributed by atoms with Gasteiger partial charge in [0.15, 0.2) is 0 Å². The van der Waals surface area contributed by atoms with Crippen molar-refractivity contribution >= 4 is 10.9 Å². The molecule has 0 saturated carbocycles. The van der Waals surface area contributed by atoms with Gasteiger partial charge in [-0.2, -0.15) is 5.10 Å². The van der Waals surface area contributed by atoms with Gasteiger partial charge in [0.2, 0.25) is 0 Å². The summed E-state index contributed by atoms with van der Waals surface area (Å²) in [5.74, 6) is 0.819. The third-order valence-electron chi connectivity index (χ3n) is 4.17. The molecule has 4 rings (SSSR count). The fourth-order valence-corrected chi connectivity index (χ4v) is 3.08. The summed E-state index contributed by atoms with van der Waals surface area (Å²) in [5.41, 5.74) is 7.18. The fraction of sp³-hybridized carbons (Fsp3) is 0.211. The first kappa shape index (κ1) is 15.9. The van der Waals surface area contributed by atoms with Crippen molar-refractivity contribution in [2.45, 2.75) is 28.2 Å². The number of H-pyrrole nitrogens is 1. The molecule has 0 fully saturated rings. The molecule has 0 amide bonds. The average Bonchev–Trinajstić information content (AvgIpc) is 3.13. The predicted molar refractivity (Wildman–Crippen MR) is 95.8 cm³/mol. The van der Waals surface area contributed by atoms with Crippen molar-refractivity contribution in [2.75, 3.05) is 0 Å². The number of pyridine rings is 1. The largest absolute Gasteiger partial charge is 0.361 e. The highest BCUT2D eigenvalue weighted by atomic mass is 16.5. The second-order valence-corrected chi connectivity index (χ2v) is 5.69. The number of fused-ring (bicyclic) bond motifs is 1. The zero-order valence-corrected chi connectivity index (χ0v) is 13.2. The van der Waals surface area contributed by atoms with E-state index in [9.17, 15) is 0 Å². The number of aromatic amines is 1. The summed E-state index contributed by atoms with van der Waals surface area (Å²) in [4.78, 5) is 4.41. The van der Waals surface area contributed by atoms with Crippen LogP contribution in [0.15, 0.2) is 41.2 Å². The van der Waals surface area contributed by atoms with Crippen molar-refractivity contribution in [2.24, 2.45) is 0 Å². The van der Waals surface area contributed by atoms with E-state index in [0.717, 1.165) is 50.3 Å². The third kappa shape index (κ3) is 2.38. The Morgan fingerprint density at radius 1 is 1.04 bits per heavy atom. The van der Waals surface area contributed by atoms with E-state index in [0.29, 0.717) is 0 Å². The summed E-state index contributed by atoms with van der Waals surface area (Å²) in [6.45, 7) is 5.91. The monoisotopic (exact) mass is 320 g/mol. The summed E-state index contributed by atoms with van der Waals surface area (Å²) in [6.07, 6.45) is 3.65. The topological polar surface area (TPSA) is 67.6 Å². The molecule has 4 aromatic rings. The maximum absolute atomic E-state index is 5.33. The first-order valence-electron chi connectivity index (χ1n) is 7.47. The lowest BCUT2D eigenvalue weighted by atomic mass is 9.95. The Labute approximate surface area is 140 Å². The number of benzene rings is 1. The molecule has 0 aliphatic rings. The molecule has 1 N–H and O–H groups in total. The maximum Gasteiger partial charge on any atom is 0.141 e. The van der Waals surface area contributed by atoms with Gasteiger partial charge in [-0.3, -0.25) is 10.1 Å². The Bertz CT molecular complexity index is 994. The lowest BCUT2D eigenvalue weighted by Crippen LogP contribution is -1.90. The molecule has 0 spiro atoms. The van der Waals surface area contributed by atoms with Gasteiger partial charge in [0.25, 0.3) is 0 Å². The van der Waals surface area contributed by atoms with Gasteiger partial charge in [-0.05, 0) is 44.5 Å². The first-order chi connectivity index (χ1) is 11.1. The van der Waals surface area contributed by atoms with Crippen LogP contribution in [-0.4, -0.2) is 20.3 Å². The van der Waals surface area contributed by atoms with Crippen LogP contribution in [-0.2, 0) is 0 Å². The lowest BCUT2D eigenvalue weighted by molar-refractivity contribution is 0.393. The van der Waals surface area contributed by atoms with E-state index in [-0.39, 0.29) is 7.43 Å². The Morgan fingerprint density at radius 2 is 1.88 bits per heavy atom. The molecule has 3 aromatic heterocycles. The SMILES string of the molecule is C.Cc1ncccc1-c1cc(-c2c(C)noc2C)cc2cn[nH]c12. The Morgan fingerprint density at radius 3 is 2.58 bits per heavy atom. The van der Waals surface area contributed by atoms with E-state index in [1.54, 1.807) is 6.20 Å². The van der Waals surface area contributed by atoms with Crippen LogP contribution in [0.2, 0.25) is 0 Å². The minimum absolute atomic E-state index is 0. The molecule has 0 unspecified atom stereocenters. The zero-order valence-electron chi connectivity index (χ0n) is 13.2. The molecule has 0 saturated heterocycles. The molecule has 24 heavy (non-hydrogen) atoms. The number of aryl methyl sites for hydroxylation is 3. The summed E-state index contributed by atoms with van der Waals surface area (Å²) in [5, 5.41) is 12.4. The number of aromatic nitrogens is 4. The number of nitrogens with one attached hydrogen (secondary N) is 1. The third-order valence-corrected chi connectivity index (χ3v) is 4.17. The molecular weight excluding hydrogens is 300 g/mol. The van der Waals surface area contributed by atoms with Gasteiger partial charge in [-0.1, -0.05) is 18.6 Å². The number of nitrogens with zero attached hydrogens (tertiary/aromatic N) is 3. The van der Waals surface area contributed by atoms with E-state index >= 15 is 0 Å². The smallest absolute Gasteiger partial charge is 0.141 e. The molecule has 122 valence electrons. The maximum atomic E-state index is 5.33. The lowest BCUT2D eigenvalue weighted by Gasteiger charge is -2.09. The minimum Gasteiger partial charge on any atom is -0.361 e. The molecule has 0 bridgehead atoms. The second kappa shape index (κ2) is 5.92. The normalized spacial score (nSPS) is 10.8.